The van der Waals surface area contributed by atoms with Crippen LogP contribution < -0.4 is 5.32 Å². The first-order valence-electron chi connectivity index (χ1n) is 5.24. The third-order valence-electron chi connectivity index (χ3n) is 2.52. The van der Waals surface area contributed by atoms with Gasteiger partial charge in [0.15, 0.2) is 5.17 Å². The number of amidine groups is 1. The van der Waals surface area contributed by atoms with Gasteiger partial charge in [-0.15, -0.1) is 0 Å². The van der Waals surface area contributed by atoms with E-state index in [2.05, 4.69) is 10.3 Å². The van der Waals surface area contributed by atoms with Gasteiger partial charge in [-0.1, -0.05) is 35.0 Å². The molecule has 0 saturated carbocycles. The minimum atomic E-state index is -0.796. The maximum Gasteiger partial charge on any atom is 0.161 e. The Bertz CT molecular complexity index is 458. The monoisotopic (exact) mass is 306 g/mol. The molecule has 0 amide bonds. The first-order chi connectivity index (χ1) is 8.57. The number of nitrogens with one attached hydrogen (secondary N) is 1. The molecule has 1 aromatic carbocycles. The summed E-state index contributed by atoms with van der Waals surface area (Å²) in [5.74, 6) is 0.538. The lowest BCUT2D eigenvalue weighted by Gasteiger charge is -2.18. The summed E-state index contributed by atoms with van der Waals surface area (Å²) >= 11 is 13.2. The van der Waals surface area contributed by atoms with Gasteiger partial charge in [-0.2, -0.15) is 0 Å². The summed E-state index contributed by atoms with van der Waals surface area (Å²) in [7, 11) is 0. The highest BCUT2D eigenvalue weighted by Crippen LogP contribution is 2.29. The van der Waals surface area contributed by atoms with Crippen molar-refractivity contribution >= 4 is 45.8 Å². The van der Waals surface area contributed by atoms with Gasteiger partial charge >= 0.3 is 0 Å². The molecular weight excluding hydrogens is 295 g/mol. The van der Waals surface area contributed by atoms with Gasteiger partial charge in [-0.25, -0.2) is 4.99 Å². The van der Waals surface area contributed by atoms with Gasteiger partial charge in [-0.3, -0.25) is 0 Å². The molecule has 0 fully saturated rings. The van der Waals surface area contributed by atoms with Gasteiger partial charge in [-0.05, 0) is 18.2 Å². The van der Waals surface area contributed by atoms with Gasteiger partial charge in [0.1, 0.15) is 5.54 Å². The molecule has 2 rings (SSSR count). The van der Waals surface area contributed by atoms with E-state index in [0.717, 1.165) is 5.69 Å². The molecular formula is C11H12Cl2N2O2S. The smallest absolute Gasteiger partial charge is 0.161 e. The third kappa shape index (κ3) is 3.10. The molecule has 0 saturated heterocycles. The van der Waals surface area contributed by atoms with Crippen LogP contribution in [0.25, 0.3) is 0 Å². The predicted octanol–water partition coefficient (Wildman–Crippen LogP) is 2.23. The quantitative estimate of drug-likeness (QED) is 0.801. The second-order valence-corrected chi connectivity index (χ2v) is 5.87. The van der Waals surface area contributed by atoms with Gasteiger partial charge in [0.2, 0.25) is 0 Å². The van der Waals surface area contributed by atoms with E-state index in [1.807, 2.05) is 0 Å². The summed E-state index contributed by atoms with van der Waals surface area (Å²) < 4.78 is 0. The van der Waals surface area contributed by atoms with Crippen LogP contribution >= 0.6 is 35.0 Å². The number of aliphatic hydroxyl groups excluding tert-OH is 2. The number of rotatable bonds is 3. The number of hydrogen-bond acceptors (Lipinski definition) is 5. The molecule has 0 unspecified atom stereocenters. The Balaban J connectivity index is 2.15. The third-order valence-corrected chi connectivity index (χ3v) is 4.10. The molecule has 98 valence electrons. The van der Waals surface area contributed by atoms with Crippen LogP contribution in [-0.2, 0) is 0 Å². The summed E-state index contributed by atoms with van der Waals surface area (Å²) in [5.41, 5.74) is -0.0690. The Hall–Kier alpha value is -0.460. The van der Waals surface area contributed by atoms with Crippen molar-refractivity contribution in [3.63, 3.8) is 0 Å². The largest absolute Gasteiger partial charge is 0.394 e. The van der Waals surface area contributed by atoms with E-state index < -0.39 is 5.54 Å². The van der Waals surface area contributed by atoms with Crippen molar-refractivity contribution in [1.82, 2.24) is 0 Å². The number of nitrogens with zero attached hydrogens (tertiary/aromatic N) is 1. The molecule has 1 aromatic rings. The Kier molecular flexibility index (Phi) is 4.40. The Morgan fingerprint density at radius 3 is 2.33 bits per heavy atom. The van der Waals surface area contributed by atoms with Crippen LogP contribution in [-0.4, -0.2) is 39.9 Å². The van der Waals surface area contributed by atoms with Crippen molar-refractivity contribution in [3.05, 3.63) is 28.2 Å². The lowest BCUT2D eigenvalue weighted by atomic mass is 10.1. The first kappa shape index (κ1) is 14.0. The Morgan fingerprint density at radius 1 is 1.22 bits per heavy atom. The fraction of sp³-hybridized carbons (Fsp3) is 0.364. The molecule has 0 aliphatic carbocycles. The van der Waals surface area contributed by atoms with Crippen molar-refractivity contribution in [1.29, 1.82) is 0 Å². The Morgan fingerprint density at radius 2 is 1.83 bits per heavy atom. The van der Waals surface area contributed by atoms with E-state index in [1.165, 1.54) is 11.8 Å². The van der Waals surface area contributed by atoms with Gasteiger partial charge in [0, 0.05) is 21.5 Å². The molecule has 1 aliphatic heterocycles. The maximum atomic E-state index is 9.24. The number of thioether (sulfide) groups is 1. The lowest BCUT2D eigenvalue weighted by molar-refractivity contribution is 0.140. The van der Waals surface area contributed by atoms with E-state index in [4.69, 9.17) is 23.2 Å². The highest BCUT2D eigenvalue weighted by atomic mass is 35.5. The van der Waals surface area contributed by atoms with E-state index in [1.54, 1.807) is 18.2 Å². The molecule has 0 bridgehead atoms. The number of aliphatic imine (C=N–C) groups is 1. The average molecular weight is 307 g/mol. The highest BCUT2D eigenvalue weighted by molar-refractivity contribution is 8.14. The zero-order chi connectivity index (χ0) is 13.2. The lowest BCUT2D eigenvalue weighted by Crippen LogP contribution is -2.36. The van der Waals surface area contributed by atoms with E-state index in [9.17, 15) is 10.2 Å². The van der Waals surface area contributed by atoms with E-state index in [0.29, 0.717) is 21.0 Å². The van der Waals surface area contributed by atoms with Crippen molar-refractivity contribution in [3.8, 4) is 0 Å². The second kappa shape index (κ2) is 5.67. The number of benzene rings is 1. The summed E-state index contributed by atoms with van der Waals surface area (Å²) in [4.78, 5) is 4.29. The minimum absolute atomic E-state index is 0.183. The molecule has 7 heteroatoms. The predicted molar refractivity (Wildman–Crippen MR) is 76.9 cm³/mol. The van der Waals surface area contributed by atoms with Crippen molar-refractivity contribution in [2.45, 2.75) is 5.54 Å². The summed E-state index contributed by atoms with van der Waals surface area (Å²) in [6.07, 6.45) is 0. The molecule has 4 nitrogen and oxygen atoms in total. The second-order valence-electron chi connectivity index (χ2n) is 4.03. The summed E-state index contributed by atoms with van der Waals surface area (Å²) in [5, 5.41) is 23.2. The highest BCUT2D eigenvalue weighted by Gasteiger charge is 2.34. The topological polar surface area (TPSA) is 64.8 Å². The number of anilines is 1. The molecule has 1 heterocycles. The van der Waals surface area contributed by atoms with Crippen LogP contribution in [0, 0.1) is 0 Å². The zero-order valence-electron chi connectivity index (χ0n) is 9.36. The minimum Gasteiger partial charge on any atom is -0.394 e. The average Bonchev–Trinajstić information content (AvgIpc) is 2.72. The molecule has 18 heavy (non-hydrogen) atoms. The normalized spacial score (nSPS) is 17.7. The van der Waals surface area contributed by atoms with Crippen LogP contribution in [0.4, 0.5) is 5.69 Å². The van der Waals surface area contributed by atoms with E-state index >= 15 is 0 Å². The standard InChI is InChI=1S/C11H12Cl2N2O2S/c12-7-1-8(13)3-9(2-7)14-10-15-11(4-16,5-17)6-18-10/h1-3,16-17H,4-6H2,(H,14,15). The zero-order valence-corrected chi connectivity index (χ0v) is 11.7. The van der Waals surface area contributed by atoms with Gasteiger partial charge < -0.3 is 15.5 Å². The number of aliphatic hydroxyl groups is 2. The molecule has 1 aliphatic rings. The fourth-order valence-corrected chi connectivity index (χ4v) is 3.13. The summed E-state index contributed by atoms with van der Waals surface area (Å²) in [6, 6.07) is 5.10. The molecule has 0 aromatic heterocycles. The SMILES string of the molecule is OCC1(CO)CSC(Nc2cc(Cl)cc(Cl)c2)=N1. The van der Waals surface area contributed by atoms with Crippen LogP contribution in [0.2, 0.25) is 10.0 Å². The van der Waals surface area contributed by atoms with Gasteiger partial charge in [0.05, 0.1) is 13.2 Å². The fourth-order valence-electron chi connectivity index (χ4n) is 1.51. The summed E-state index contributed by atoms with van der Waals surface area (Å²) in [6.45, 7) is -0.365. The Labute approximate surface area is 119 Å². The number of hydrogen-bond donors (Lipinski definition) is 3. The first-order valence-corrected chi connectivity index (χ1v) is 6.98. The van der Waals surface area contributed by atoms with Crippen molar-refractivity contribution in [2.24, 2.45) is 4.99 Å². The molecule has 0 radical (unpaired) electrons. The van der Waals surface area contributed by atoms with Crippen LogP contribution in [0.5, 0.6) is 0 Å². The van der Waals surface area contributed by atoms with E-state index in [-0.39, 0.29) is 13.2 Å². The number of halogens is 2. The molecule has 0 spiro atoms. The van der Waals surface area contributed by atoms with Crippen molar-refractivity contribution in [2.75, 3.05) is 24.3 Å². The maximum absolute atomic E-state index is 9.24. The molecule has 0 atom stereocenters. The van der Waals surface area contributed by atoms with Crippen molar-refractivity contribution < 1.29 is 10.2 Å². The van der Waals surface area contributed by atoms with Crippen LogP contribution in [0.1, 0.15) is 0 Å². The molecule has 3 N–H and O–H groups in total. The van der Waals surface area contributed by atoms with Crippen LogP contribution in [0.3, 0.4) is 0 Å². The van der Waals surface area contributed by atoms with Crippen LogP contribution in [0.15, 0.2) is 23.2 Å². The van der Waals surface area contributed by atoms with Gasteiger partial charge in [0.25, 0.3) is 0 Å².